The van der Waals surface area contributed by atoms with Crippen molar-refractivity contribution in [1.82, 2.24) is 19.6 Å². The van der Waals surface area contributed by atoms with E-state index in [2.05, 4.69) is 20.4 Å². The lowest BCUT2D eigenvalue weighted by Gasteiger charge is -2.17. The second-order valence-corrected chi connectivity index (χ2v) is 8.87. The minimum Gasteiger partial charge on any atom is -0.494 e. The summed E-state index contributed by atoms with van der Waals surface area (Å²) in [4.78, 5) is 8.48. The first-order valence-electron chi connectivity index (χ1n) is 9.15. The largest absolute Gasteiger partial charge is 0.494 e. The summed E-state index contributed by atoms with van der Waals surface area (Å²) < 4.78 is 31.3. The number of sulfone groups is 1. The van der Waals surface area contributed by atoms with Gasteiger partial charge < -0.3 is 10.1 Å². The zero-order chi connectivity index (χ0) is 20.5. The molecule has 1 atom stereocenters. The van der Waals surface area contributed by atoms with E-state index in [0.29, 0.717) is 18.2 Å². The molecule has 1 N–H and O–H groups in total. The van der Waals surface area contributed by atoms with Gasteiger partial charge in [-0.05, 0) is 37.5 Å². The first-order chi connectivity index (χ1) is 13.2. The highest BCUT2D eigenvalue weighted by Crippen LogP contribution is 2.25. The number of anilines is 1. The van der Waals surface area contributed by atoms with Gasteiger partial charge in [-0.25, -0.2) is 8.42 Å². The van der Waals surface area contributed by atoms with E-state index in [9.17, 15) is 8.42 Å². The van der Waals surface area contributed by atoms with E-state index >= 15 is 0 Å². The Balaban J connectivity index is 2.05. The van der Waals surface area contributed by atoms with Crippen LogP contribution < -0.4 is 10.1 Å². The molecule has 3 aromatic rings. The van der Waals surface area contributed by atoms with Gasteiger partial charge in [0.1, 0.15) is 5.75 Å². The zero-order valence-electron chi connectivity index (χ0n) is 16.7. The molecule has 3 rings (SSSR count). The number of fused-ring (bicyclic) bond motifs is 1. The fraction of sp³-hybridized carbons (Fsp3) is 0.421. The molecular formula is C19H25N5O3S. The Kier molecular flexibility index (Phi) is 5.55. The molecule has 0 aliphatic rings. The van der Waals surface area contributed by atoms with Gasteiger partial charge in [-0.3, -0.25) is 0 Å². The van der Waals surface area contributed by atoms with Crippen molar-refractivity contribution in [2.24, 2.45) is 0 Å². The number of aromatic nitrogens is 4. The van der Waals surface area contributed by atoms with Crippen LogP contribution in [0.4, 0.5) is 5.95 Å². The zero-order valence-corrected chi connectivity index (χ0v) is 17.5. The van der Waals surface area contributed by atoms with Gasteiger partial charge in [-0.2, -0.15) is 19.6 Å². The molecule has 0 amide bonds. The normalized spacial score (nSPS) is 13.1. The lowest BCUT2D eigenvalue weighted by Crippen LogP contribution is -2.16. The van der Waals surface area contributed by atoms with Gasteiger partial charge in [-0.1, -0.05) is 26.0 Å². The van der Waals surface area contributed by atoms with Crippen molar-refractivity contribution in [2.45, 2.75) is 44.8 Å². The predicted molar refractivity (Wildman–Crippen MR) is 108 cm³/mol. The molecule has 8 nitrogen and oxygen atoms in total. The molecule has 0 fully saturated rings. The smallest absolute Gasteiger partial charge is 0.252 e. The Morgan fingerprint density at radius 1 is 1.21 bits per heavy atom. The van der Waals surface area contributed by atoms with Crippen LogP contribution >= 0.6 is 0 Å². The Labute approximate surface area is 164 Å². The molecular weight excluding hydrogens is 378 g/mol. The molecule has 0 radical (unpaired) electrons. The first kappa shape index (κ1) is 20.1. The van der Waals surface area contributed by atoms with Gasteiger partial charge in [-0.15, -0.1) is 0 Å². The van der Waals surface area contributed by atoms with Crippen LogP contribution in [0.2, 0.25) is 0 Å². The standard InChI is InChI=1S/C19H25N5O3S/c1-6-27-15-9-7-8-14(10-15)13(4)21-18-23-19(28(5,25)26)22-17-16(12(2)3)11-20-24(17)18/h7-13H,6H2,1-5H3,(H,21,22,23)/t13-/m0/s1. The SMILES string of the molecule is CCOc1cccc([C@H](C)Nc2nc(S(C)(=O)=O)nc3c(C(C)C)cnn23)c1. The van der Waals surface area contributed by atoms with Crippen LogP contribution in [-0.2, 0) is 9.84 Å². The maximum atomic E-state index is 12.1. The Morgan fingerprint density at radius 3 is 2.61 bits per heavy atom. The average Bonchev–Trinajstić information content (AvgIpc) is 3.06. The molecule has 0 aliphatic heterocycles. The number of benzene rings is 1. The highest BCUT2D eigenvalue weighted by molar-refractivity contribution is 7.90. The third-order valence-electron chi connectivity index (χ3n) is 4.34. The van der Waals surface area contributed by atoms with Gasteiger partial charge in [0.15, 0.2) is 5.65 Å². The summed E-state index contributed by atoms with van der Waals surface area (Å²) in [5, 5.41) is 7.41. The summed E-state index contributed by atoms with van der Waals surface area (Å²) in [6.45, 7) is 8.50. The molecule has 9 heteroatoms. The Bertz CT molecular complexity index is 1090. The quantitative estimate of drug-likeness (QED) is 0.647. The van der Waals surface area contributed by atoms with E-state index in [1.807, 2.05) is 52.0 Å². The van der Waals surface area contributed by atoms with E-state index in [4.69, 9.17) is 4.74 Å². The van der Waals surface area contributed by atoms with Gasteiger partial charge in [0, 0.05) is 11.8 Å². The number of ether oxygens (including phenoxy) is 1. The maximum Gasteiger partial charge on any atom is 0.252 e. The Hall–Kier alpha value is -2.68. The van der Waals surface area contributed by atoms with Crippen LogP contribution in [0.1, 0.15) is 50.8 Å². The van der Waals surface area contributed by atoms with Crippen LogP contribution in [0.3, 0.4) is 0 Å². The highest BCUT2D eigenvalue weighted by Gasteiger charge is 2.21. The van der Waals surface area contributed by atoms with Crippen molar-refractivity contribution >= 4 is 21.4 Å². The highest BCUT2D eigenvalue weighted by atomic mass is 32.2. The minimum absolute atomic E-state index is 0.146. The van der Waals surface area contributed by atoms with E-state index in [1.54, 1.807) is 10.7 Å². The monoisotopic (exact) mass is 403 g/mol. The van der Waals surface area contributed by atoms with E-state index in [-0.39, 0.29) is 17.1 Å². The van der Waals surface area contributed by atoms with Crippen LogP contribution in [0.5, 0.6) is 5.75 Å². The molecule has 0 unspecified atom stereocenters. The molecule has 2 heterocycles. The first-order valence-corrected chi connectivity index (χ1v) is 11.0. The third-order valence-corrected chi connectivity index (χ3v) is 5.19. The maximum absolute atomic E-state index is 12.1. The third kappa shape index (κ3) is 4.09. The number of nitrogens with one attached hydrogen (secondary N) is 1. The second kappa shape index (κ2) is 7.75. The van der Waals surface area contributed by atoms with Crippen molar-refractivity contribution in [1.29, 1.82) is 0 Å². The molecule has 150 valence electrons. The molecule has 1 aromatic carbocycles. The summed E-state index contributed by atoms with van der Waals surface area (Å²) in [7, 11) is -3.57. The fourth-order valence-corrected chi connectivity index (χ4v) is 3.36. The van der Waals surface area contributed by atoms with Crippen molar-refractivity contribution < 1.29 is 13.2 Å². The number of nitrogens with zero attached hydrogens (tertiary/aromatic N) is 4. The van der Waals surface area contributed by atoms with Crippen molar-refractivity contribution in [3.8, 4) is 5.75 Å². The van der Waals surface area contributed by atoms with Crippen LogP contribution in [0.25, 0.3) is 5.65 Å². The summed E-state index contributed by atoms with van der Waals surface area (Å²) in [5.74, 6) is 1.25. The van der Waals surface area contributed by atoms with Gasteiger partial charge in [0.2, 0.25) is 15.8 Å². The second-order valence-electron chi connectivity index (χ2n) is 6.96. The molecule has 0 bridgehead atoms. The lowest BCUT2D eigenvalue weighted by molar-refractivity contribution is 0.340. The molecule has 28 heavy (non-hydrogen) atoms. The molecule has 0 aliphatic carbocycles. The number of hydrogen-bond acceptors (Lipinski definition) is 7. The minimum atomic E-state index is -3.57. The van der Waals surface area contributed by atoms with E-state index < -0.39 is 9.84 Å². The van der Waals surface area contributed by atoms with E-state index in [1.165, 1.54) is 0 Å². The van der Waals surface area contributed by atoms with Gasteiger partial charge >= 0.3 is 0 Å². The summed E-state index contributed by atoms with van der Waals surface area (Å²) in [6, 6.07) is 7.57. The van der Waals surface area contributed by atoms with Crippen molar-refractivity contribution in [3.63, 3.8) is 0 Å². The topological polar surface area (TPSA) is 98.5 Å². The van der Waals surface area contributed by atoms with Crippen LogP contribution in [-0.4, -0.2) is 40.9 Å². The number of rotatable bonds is 7. The lowest BCUT2D eigenvalue weighted by atomic mass is 10.1. The van der Waals surface area contributed by atoms with Crippen molar-refractivity contribution in [2.75, 3.05) is 18.2 Å². The summed E-state index contributed by atoms with van der Waals surface area (Å²) in [5.41, 5.74) is 2.33. The average molecular weight is 404 g/mol. The van der Waals surface area contributed by atoms with Crippen LogP contribution in [0.15, 0.2) is 35.6 Å². The molecule has 0 saturated heterocycles. The molecule has 2 aromatic heterocycles. The summed E-state index contributed by atoms with van der Waals surface area (Å²) >= 11 is 0. The van der Waals surface area contributed by atoms with Crippen LogP contribution in [0, 0.1) is 0 Å². The van der Waals surface area contributed by atoms with Gasteiger partial charge in [0.25, 0.3) is 5.16 Å². The summed E-state index contributed by atoms with van der Waals surface area (Å²) in [6.07, 6.45) is 2.80. The van der Waals surface area contributed by atoms with E-state index in [0.717, 1.165) is 23.1 Å². The Morgan fingerprint density at radius 2 is 1.96 bits per heavy atom. The molecule has 0 saturated carbocycles. The predicted octanol–water partition coefficient (Wildman–Crippen LogP) is 3.22. The number of hydrogen-bond donors (Lipinski definition) is 1. The fourth-order valence-electron chi connectivity index (χ4n) is 2.86. The van der Waals surface area contributed by atoms with Crippen molar-refractivity contribution in [3.05, 3.63) is 41.6 Å². The molecule has 0 spiro atoms. The van der Waals surface area contributed by atoms with Gasteiger partial charge in [0.05, 0.1) is 18.8 Å².